The molecule has 2 N–H and O–H groups in total. The molecule has 6 rings (SSSR count). The molecule has 0 radical (unpaired) electrons. The first kappa shape index (κ1) is 29.9. The number of halogens is 1. The van der Waals surface area contributed by atoms with Gasteiger partial charge in [0.15, 0.2) is 11.5 Å². The predicted octanol–water partition coefficient (Wildman–Crippen LogP) is 5.80. The number of fused-ring (bicyclic) bond motifs is 1. The van der Waals surface area contributed by atoms with E-state index in [1.54, 1.807) is 0 Å². The quantitative estimate of drug-likeness (QED) is 0.320. The smallest absolute Gasteiger partial charge is 0.309 e. The highest BCUT2D eigenvalue weighted by Crippen LogP contribution is 2.47. The number of rotatable bonds is 9. The van der Waals surface area contributed by atoms with Gasteiger partial charge in [-0.1, -0.05) is 32.0 Å². The third kappa shape index (κ3) is 5.98. The molecule has 232 valence electrons. The monoisotopic (exact) mass is 601 g/mol. The molecule has 3 atom stereocenters. The Labute approximate surface area is 257 Å². The van der Waals surface area contributed by atoms with Crippen LogP contribution >= 0.6 is 0 Å². The third-order valence-corrected chi connectivity index (χ3v) is 9.22. The largest absolute Gasteiger partial charge is 0.486 e. The second kappa shape index (κ2) is 12.9. The average molecular weight is 602 g/mol. The summed E-state index contributed by atoms with van der Waals surface area (Å²) in [5, 5.41) is 13.7. The Bertz CT molecular complexity index is 1500. The third-order valence-electron chi connectivity index (χ3n) is 9.22. The molecule has 0 spiro atoms. The van der Waals surface area contributed by atoms with Gasteiger partial charge in [0, 0.05) is 43.0 Å². The van der Waals surface area contributed by atoms with Crippen LogP contribution in [0.1, 0.15) is 60.9 Å². The molecule has 0 aromatic heterocycles. The van der Waals surface area contributed by atoms with Gasteiger partial charge in [0.1, 0.15) is 19.0 Å². The Balaban J connectivity index is 1.33. The van der Waals surface area contributed by atoms with Crippen molar-refractivity contribution in [1.29, 1.82) is 0 Å². The predicted molar refractivity (Wildman–Crippen MR) is 167 cm³/mol. The topological polar surface area (TPSA) is 91.3 Å². The van der Waals surface area contributed by atoms with Crippen LogP contribution in [0.15, 0.2) is 54.6 Å². The van der Waals surface area contributed by atoms with Crippen LogP contribution in [0.3, 0.4) is 0 Å². The van der Waals surface area contributed by atoms with Crippen molar-refractivity contribution in [2.45, 2.75) is 51.5 Å². The number of likely N-dealkylation sites (tertiary alicyclic amines) is 1. The van der Waals surface area contributed by atoms with E-state index in [4.69, 9.17) is 9.47 Å². The standard InChI is InChI=1S/C35H40FN3O5/c1-3-22-17-26(36)18-23(4-2)33(22)37-31(40)21-39-20-28(25-9-12-29-30(19-25)44-16-15-43-29)32(35(41)42)34(39)24-7-10-27(11-8-24)38-13-5-6-14-38/h7-12,17-19,28,32,34H,3-6,13-16,20-21H2,1-2H3,(H,37,40)(H,41,42)/t28-,32?,34+/m1/s1. The Morgan fingerprint density at radius 2 is 1.55 bits per heavy atom. The number of hydrogen-bond donors (Lipinski definition) is 2. The summed E-state index contributed by atoms with van der Waals surface area (Å²) in [6.07, 6.45) is 3.48. The summed E-state index contributed by atoms with van der Waals surface area (Å²) in [5.41, 5.74) is 4.94. The molecule has 3 aliphatic rings. The van der Waals surface area contributed by atoms with E-state index in [0.717, 1.165) is 41.0 Å². The van der Waals surface area contributed by atoms with Crippen molar-refractivity contribution in [3.8, 4) is 11.5 Å². The van der Waals surface area contributed by atoms with Gasteiger partial charge < -0.3 is 24.8 Å². The first-order valence-corrected chi connectivity index (χ1v) is 15.7. The van der Waals surface area contributed by atoms with Crippen molar-refractivity contribution in [2.75, 3.05) is 49.6 Å². The summed E-state index contributed by atoms with van der Waals surface area (Å²) in [4.78, 5) is 31.0. The number of benzene rings is 3. The maximum Gasteiger partial charge on any atom is 0.309 e. The molecule has 0 aliphatic carbocycles. The summed E-state index contributed by atoms with van der Waals surface area (Å²) >= 11 is 0. The van der Waals surface area contributed by atoms with Crippen molar-refractivity contribution in [3.05, 3.63) is 82.7 Å². The van der Waals surface area contributed by atoms with Crippen LogP contribution < -0.4 is 19.7 Å². The van der Waals surface area contributed by atoms with Gasteiger partial charge in [0.05, 0.1) is 12.5 Å². The van der Waals surface area contributed by atoms with Gasteiger partial charge in [-0.2, -0.15) is 0 Å². The van der Waals surface area contributed by atoms with Crippen LogP contribution in [0, 0.1) is 11.7 Å². The lowest BCUT2D eigenvalue weighted by Gasteiger charge is -2.28. The Morgan fingerprint density at radius 1 is 0.909 bits per heavy atom. The van der Waals surface area contributed by atoms with Crippen LogP contribution in [0.25, 0.3) is 0 Å². The van der Waals surface area contributed by atoms with Crippen molar-refractivity contribution in [3.63, 3.8) is 0 Å². The molecule has 8 nitrogen and oxygen atoms in total. The van der Waals surface area contributed by atoms with Crippen molar-refractivity contribution >= 4 is 23.3 Å². The molecule has 1 unspecified atom stereocenters. The Morgan fingerprint density at radius 3 is 2.18 bits per heavy atom. The van der Waals surface area contributed by atoms with E-state index in [-0.39, 0.29) is 24.2 Å². The number of aryl methyl sites for hydroxylation is 2. The van der Waals surface area contributed by atoms with E-state index in [2.05, 4.69) is 22.3 Å². The van der Waals surface area contributed by atoms with Gasteiger partial charge in [0.25, 0.3) is 0 Å². The Hall–Kier alpha value is -4.11. The number of hydrogen-bond acceptors (Lipinski definition) is 6. The summed E-state index contributed by atoms with van der Waals surface area (Å²) in [6, 6.07) is 16.2. The minimum atomic E-state index is -0.915. The van der Waals surface area contributed by atoms with Gasteiger partial charge in [-0.3, -0.25) is 14.5 Å². The summed E-state index contributed by atoms with van der Waals surface area (Å²) in [6.45, 7) is 7.16. The van der Waals surface area contributed by atoms with Gasteiger partial charge >= 0.3 is 5.97 Å². The van der Waals surface area contributed by atoms with Gasteiger partial charge in [-0.25, -0.2) is 4.39 Å². The van der Waals surface area contributed by atoms with Crippen LogP contribution in [0.2, 0.25) is 0 Å². The van der Waals surface area contributed by atoms with Gasteiger partial charge in [0.2, 0.25) is 5.91 Å². The highest BCUT2D eigenvalue weighted by Gasteiger charge is 2.48. The van der Waals surface area contributed by atoms with E-state index in [1.165, 1.54) is 25.0 Å². The second-order valence-corrected chi connectivity index (χ2v) is 11.9. The number of nitrogens with zero attached hydrogens (tertiary/aromatic N) is 2. The minimum Gasteiger partial charge on any atom is -0.486 e. The number of ether oxygens (including phenoxy) is 2. The molecule has 0 bridgehead atoms. The number of aliphatic carboxylic acids is 1. The van der Waals surface area contributed by atoms with E-state index in [0.29, 0.717) is 49.8 Å². The fourth-order valence-corrected chi connectivity index (χ4v) is 7.08. The molecule has 9 heteroatoms. The lowest BCUT2D eigenvalue weighted by molar-refractivity contribution is -0.143. The van der Waals surface area contributed by atoms with Crippen molar-refractivity contribution in [1.82, 2.24) is 4.90 Å². The van der Waals surface area contributed by atoms with E-state index in [1.807, 2.05) is 49.1 Å². The number of carbonyl (C=O) groups is 2. The molecule has 3 aromatic rings. The number of carbonyl (C=O) groups excluding carboxylic acids is 1. The number of carboxylic acids is 1. The van der Waals surface area contributed by atoms with Crippen LogP contribution in [-0.2, 0) is 22.4 Å². The molecule has 1 amide bonds. The zero-order valence-electron chi connectivity index (χ0n) is 25.4. The van der Waals surface area contributed by atoms with Gasteiger partial charge in [-0.15, -0.1) is 0 Å². The van der Waals surface area contributed by atoms with Crippen molar-refractivity contribution < 1.29 is 28.6 Å². The number of anilines is 2. The van der Waals surface area contributed by atoms with Crippen LogP contribution in [0.5, 0.6) is 11.5 Å². The molecule has 3 heterocycles. The number of carboxylic acid groups (broad SMARTS) is 1. The molecular weight excluding hydrogens is 561 g/mol. The molecular formula is C35H40FN3O5. The van der Waals surface area contributed by atoms with E-state index >= 15 is 0 Å². The maximum atomic E-state index is 14.2. The molecule has 2 saturated heterocycles. The summed E-state index contributed by atoms with van der Waals surface area (Å²) in [5.74, 6) is -1.42. The molecule has 3 aromatic carbocycles. The first-order valence-electron chi connectivity index (χ1n) is 15.7. The van der Waals surface area contributed by atoms with E-state index in [9.17, 15) is 19.1 Å². The van der Waals surface area contributed by atoms with E-state index < -0.39 is 17.9 Å². The SMILES string of the molecule is CCc1cc(F)cc(CC)c1NC(=O)CN1C[C@H](c2ccc3c(c2)OCCO3)C(C(=O)O)[C@@H]1c1ccc(N2CCCC2)cc1. The highest BCUT2D eigenvalue weighted by atomic mass is 19.1. The number of nitrogens with one attached hydrogen (secondary N) is 1. The molecule has 44 heavy (non-hydrogen) atoms. The normalized spacial score (nSPS) is 21.4. The first-order chi connectivity index (χ1) is 21.4. The lowest BCUT2D eigenvalue weighted by atomic mass is 9.82. The van der Waals surface area contributed by atoms with Crippen LogP contribution in [0.4, 0.5) is 15.8 Å². The average Bonchev–Trinajstić information content (AvgIpc) is 3.70. The maximum absolute atomic E-state index is 14.2. The zero-order valence-corrected chi connectivity index (χ0v) is 25.4. The molecule has 2 fully saturated rings. The zero-order chi connectivity index (χ0) is 30.8. The summed E-state index contributed by atoms with van der Waals surface area (Å²) < 4.78 is 25.8. The summed E-state index contributed by atoms with van der Waals surface area (Å²) in [7, 11) is 0. The molecule has 0 saturated carbocycles. The minimum absolute atomic E-state index is 0.00688. The second-order valence-electron chi connectivity index (χ2n) is 11.9. The fourth-order valence-electron chi connectivity index (χ4n) is 7.08. The lowest BCUT2D eigenvalue weighted by Crippen LogP contribution is -2.35. The Kier molecular flexibility index (Phi) is 8.75. The fraction of sp³-hybridized carbons (Fsp3) is 0.429. The van der Waals surface area contributed by atoms with Gasteiger partial charge in [-0.05, 0) is 84.3 Å². The van der Waals surface area contributed by atoms with Crippen molar-refractivity contribution in [2.24, 2.45) is 5.92 Å². The number of amides is 1. The van der Waals surface area contributed by atoms with Crippen LogP contribution in [-0.4, -0.2) is 61.3 Å². The molecule has 3 aliphatic heterocycles. The highest BCUT2D eigenvalue weighted by molar-refractivity contribution is 5.94.